The van der Waals surface area contributed by atoms with Crippen LogP contribution in [0.4, 0.5) is 8.78 Å². The van der Waals surface area contributed by atoms with Gasteiger partial charge in [0.25, 0.3) is 5.91 Å². The summed E-state index contributed by atoms with van der Waals surface area (Å²) in [5.74, 6) is -0.996. The molecule has 0 aromatic heterocycles. The van der Waals surface area contributed by atoms with Gasteiger partial charge in [0.15, 0.2) is 0 Å². The summed E-state index contributed by atoms with van der Waals surface area (Å²) < 4.78 is 27.9. The maximum atomic E-state index is 14.6. The van der Waals surface area contributed by atoms with Crippen molar-refractivity contribution in [2.45, 2.75) is 25.8 Å². The van der Waals surface area contributed by atoms with Gasteiger partial charge in [0.1, 0.15) is 11.6 Å². The van der Waals surface area contributed by atoms with Gasteiger partial charge in [-0.05, 0) is 68.2 Å². The van der Waals surface area contributed by atoms with Gasteiger partial charge in [-0.3, -0.25) is 4.79 Å². The molecule has 2 aromatic rings. The molecule has 3 nitrogen and oxygen atoms in total. The van der Waals surface area contributed by atoms with E-state index >= 15 is 0 Å². The summed E-state index contributed by atoms with van der Waals surface area (Å²) >= 11 is 0. The second kappa shape index (κ2) is 7.31. The quantitative estimate of drug-likeness (QED) is 0.919. The number of nitrogens with one attached hydrogen (secondary N) is 1. The Labute approximate surface area is 146 Å². The highest BCUT2D eigenvalue weighted by atomic mass is 19.1. The third-order valence-corrected chi connectivity index (χ3v) is 4.87. The van der Waals surface area contributed by atoms with E-state index in [4.69, 9.17) is 0 Å². The summed E-state index contributed by atoms with van der Waals surface area (Å²) in [5.41, 5.74) is 2.00. The normalized spacial score (nSPS) is 15.2. The van der Waals surface area contributed by atoms with Gasteiger partial charge in [-0.2, -0.15) is 0 Å². The average Bonchev–Trinajstić information content (AvgIpc) is 2.62. The van der Waals surface area contributed by atoms with E-state index in [9.17, 15) is 13.6 Å². The van der Waals surface area contributed by atoms with Crippen molar-refractivity contribution >= 4 is 5.91 Å². The van der Waals surface area contributed by atoms with Crippen molar-refractivity contribution in [3.8, 4) is 11.1 Å². The van der Waals surface area contributed by atoms with Crippen molar-refractivity contribution in [3.05, 3.63) is 59.2 Å². The van der Waals surface area contributed by atoms with E-state index in [1.165, 1.54) is 18.2 Å². The first-order valence-corrected chi connectivity index (χ1v) is 8.51. The molecule has 0 unspecified atom stereocenters. The van der Waals surface area contributed by atoms with Crippen molar-refractivity contribution in [1.29, 1.82) is 0 Å². The second-order valence-electron chi connectivity index (χ2n) is 6.55. The summed E-state index contributed by atoms with van der Waals surface area (Å²) in [4.78, 5) is 14.4. The van der Waals surface area contributed by atoms with E-state index in [1.54, 1.807) is 37.1 Å². The fraction of sp³-hybridized carbons (Fsp3) is 0.350. The minimum Gasteiger partial charge on any atom is -0.339 e. The summed E-state index contributed by atoms with van der Waals surface area (Å²) in [6, 6.07) is 8.94. The first kappa shape index (κ1) is 17.5. The smallest absolute Gasteiger partial charge is 0.253 e. The monoisotopic (exact) mass is 344 g/mol. The van der Waals surface area contributed by atoms with Crippen LogP contribution in [0.1, 0.15) is 28.8 Å². The van der Waals surface area contributed by atoms with Crippen molar-refractivity contribution in [2.75, 3.05) is 20.1 Å². The summed E-state index contributed by atoms with van der Waals surface area (Å²) in [6.45, 7) is 3.51. The number of benzene rings is 2. The molecule has 2 aromatic carbocycles. The van der Waals surface area contributed by atoms with E-state index < -0.39 is 5.82 Å². The Balaban J connectivity index is 1.85. The molecular weight excluding hydrogens is 322 g/mol. The first-order chi connectivity index (χ1) is 12.0. The Kier molecular flexibility index (Phi) is 5.13. The maximum absolute atomic E-state index is 14.6. The molecule has 0 saturated carbocycles. The van der Waals surface area contributed by atoms with Crippen LogP contribution >= 0.6 is 0 Å². The lowest BCUT2D eigenvalue weighted by molar-refractivity contribution is 0.0703. The molecule has 0 radical (unpaired) electrons. The molecule has 1 N–H and O–H groups in total. The van der Waals surface area contributed by atoms with Gasteiger partial charge in [0.2, 0.25) is 0 Å². The number of nitrogens with zero attached hydrogens (tertiary/aromatic N) is 1. The van der Waals surface area contributed by atoms with Crippen LogP contribution in [0.3, 0.4) is 0 Å². The van der Waals surface area contributed by atoms with Gasteiger partial charge in [0, 0.05) is 24.2 Å². The van der Waals surface area contributed by atoms with Gasteiger partial charge in [0.05, 0.1) is 0 Å². The highest BCUT2D eigenvalue weighted by Crippen LogP contribution is 2.28. The Morgan fingerprint density at radius 1 is 1.08 bits per heavy atom. The van der Waals surface area contributed by atoms with E-state index in [0.717, 1.165) is 25.9 Å². The van der Waals surface area contributed by atoms with E-state index in [2.05, 4.69) is 5.32 Å². The van der Waals surface area contributed by atoms with Crippen LogP contribution in [0, 0.1) is 18.6 Å². The Bertz CT molecular complexity index is 785. The molecular formula is C20H22F2N2O. The highest BCUT2D eigenvalue weighted by Gasteiger charge is 2.23. The van der Waals surface area contributed by atoms with Crippen molar-refractivity contribution in [2.24, 2.45) is 0 Å². The fourth-order valence-corrected chi connectivity index (χ4v) is 3.36. The Morgan fingerprint density at radius 2 is 1.76 bits per heavy atom. The van der Waals surface area contributed by atoms with Crippen molar-refractivity contribution < 1.29 is 13.6 Å². The summed E-state index contributed by atoms with van der Waals surface area (Å²) in [7, 11) is 1.77. The van der Waals surface area contributed by atoms with Crippen LogP contribution in [0.2, 0.25) is 0 Å². The minimum atomic E-state index is -0.473. The number of rotatable bonds is 3. The predicted octanol–water partition coefficient (Wildman–Crippen LogP) is 3.76. The second-order valence-corrected chi connectivity index (χ2v) is 6.55. The minimum absolute atomic E-state index is 0.173. The number of piperidine rings is 1. The van der Waals surface area contributed by atoms with Crippen LogP contribution in [0.25, 0.3) is 11.1 Å². The SMILES string of the molecule is Cc1cc(F)ccc1-c1ccc(C(=O)N(C)C2CCNCC2)cc1F. The molecule has 1 heterocycles. The molecule has 1 aliphatic heterocycles. The number of amides is 1. The zero-order valence-corrected chi connectivity index (χ0v) is 14.5. The molecule has 0 atom stereocenters. The molecule has 3 rings (SSSR count). The van der Waals surface area contributed by atoms with E-state index in [-0.39, 0.29) is 17.8 Å². The summed E-state index contributed by atoms with van der Waals surface area (Å²) in [5, 5.41) is 3.27. The zero-order valence-electron chi connectivity index (χ0n) is 14.5. The molecule has 25 heavy (non-hydrogen) atoms. The van der Waals surface area contributed by atoms with Gasteiger partial charge >= 0.3 is 0 Å². The zero-order chi connectivity index (χ0) is 18.0. The largest absolute Gasteiger partial charge is 0.339 e. The number of carbonyl (C=O) groups excluding carboxylic acids is 1. The summed E-state index contributed by atoms with van der Waals surface area (Å²) in [6.07, 6.45) is 1.80. The van der Waals surface area contributed by atoms with Gasteiger partial charge in [-0.1, -0.05) is 12.1 Å². The van der Waals surface area contributed by atoms with Gasteiger partial charge in [-0.25, -0.2) is 8.78 Å². The standard InChI is InChI=1S/C20H22F2N2O/c1-13-11-15(21)4-6-17(13)18-5-3-14(12-19(18)22)20(25)24(2)16-7-9-23-10-8-16/h3-6,11-12,16,23H,7-10H2,1-2H3. The third kappa shape index (κ3) is 3.71. The number of carbonyl (C=O) groups is 1. The first-order valence-electron chi connectivity index (χ1n) is 8.51. The van der Waals surface area contributed by atoms with Crippen LogP contribution < -0.4 is 5.32 Å². The number of halogens is 2. The molecule has 1 aliphatic rings. The Hall–Kier alpha value is -2.27. The molecule has 5 heteroatoms. The van der Waals surface area contributed by atoms with E-state index in [1.807, 2.05) is 0 Å². The molecule has 1 amide bonds. The predicted molar refractivity (Wildman–Crippen MR) is 94.5 cm³/mol. The number of hydrogen-bond donors (Lipinski definition) is 1. The van der Waals surface area contributed by atoms with Crippen molar-refractivity contribution in [3.63, 3.8) is 0 Å². The van der Waals surface area contributed by atoms with Crippen LogP contribution in [0.5, 0.6) is 0 Å². The molecule has 1 saturated heterocycles. The topological polar surface area (TPSA) is 32.3 Å². The third-order valence-electron chi connectivity index (χ3n) is 4.87. The maximum Gasteiger partial charge on any atom is 0.253 e. The number of hydrogen-bond acceptors (Lipinski definition) is 2. The highest BCUT2D eigenvalue weighted by molar-refractivity contribution is 5.95. The van der Waals surface area contributed by atoms with Crippen LogP contribution in [-0.4, -0.2) is 37.0 Å². The Morgan fingerprint density at radius 3 is 2.40 bits per heavy atom. The lowest BCUT2D eigenvalue weighted by atomic mass is 9.98. The molecule has 132 valence electrons. The molecule has 0 spiro atoms. The van der Waals surface area contributed by atoms with E-state index in [0.29, 0.717) is 22.3 Å². The number of aryl methyl sites for hydroxylation is 1. The van der Waals surface area contributed by atoms with Crippen molar-refractivity contribution in [1.82, 2.24) is 10.2 Å². The molecule has 0 bridgehead atoms. The van der Waals surface area contributed by atoms with Gasteiger partial charge in [-0.15, -0.1) is 0 Å². The molecule has 0 aliphatic carbocycles. The fourth-order valence-electron chi connectivity index (χ4n) is 3.36. The average molecular weight is 344 g/mol. The van der Waals surface area contributed by atoms with Crippen LogP contribution in [0.15, 0.2) is 36.4 Å². The lowest BCUT2D eigenvalue weighted by Crippen LogP contribution is -2.43. The molecule has 1 fully saturated rings. The van der Waals surface area contributed by atoms with Crippen LogP contribution in [-0.2, 0) is 0 Å². The van der Waals surface area contributed by atoms with Gasteiger partial charge < -0.3 is 10.2 Å². The lowest BCUT2D eigenvalue weighted by Gasteiger charge is -2.31.